The predicted octanol–water partition coefficient (Wildman–Crippen LogP) is 5.72. The molecule has 1 spiro atoms. The van der Waals surface area contributed by atoms with Crippen molar-refractivity contribution < 1.29 is 14.0 Å². The van der Waals surface area contributed by atoms with Crippen molar-refractivity contribution in [1.29, 1.82) is 0 Å². The Morgan fingerprint density at radius 3 is 2.65 bits per heavy atom. The molecule has 4 heterocycles. The quantitative estimate of drug-likeness (QED) is 0.300. The topological polar surface area (TPSA) is 83.7 Å². The Labute approximate surface area is 219 Å². The van der Waals surface area contributed by atoms with Crippen LogP contribution in [0.2, 0.25) is 5.02 Å². The van der Waals surface area contributed by atoms with E-state index in [-0.39, 0.29) is 22.8 Å². The summed E-state index contributed by atoms with van der Waals surface area (Å²) in [5.41, 5.74) is 0.0363. The van der Waals surface area contributed by atoms with Crippen LogP contribution in [0, 0.1) is 0 Å². The highest BCUT2D eigenvalue weighted by Gasteiger charge is 2.66. The van der Waals surface area contributed by atoms with Gasteiger partial charge in [0.2, 0.25) is 5.76 Å². The Morgan fingerprint density at radius 2 is 1.81 bits per heavy atom. The lowest BCUT2D eigenvalue weighted by atomic mass is 9.84. The van der Waals surface area contributed by atoms with Crippen molar-refractivity contribution >= 4 is 66.8 Å². The number of rotatable bonds is 3. The number of nitrogens with zero attached hydrogens (tertiary/aromatic N) is 3. The molecule has 2 aliphatic heterocycles. The summed E-state index contributed by atoms with van der Waals surface area (Å²) in [6.07, 6.45) is 0.697. The zero-order chi connectivity index (χ0) is 25.5. The van der Waals surface area contributed by atoms with Gasteiger partial charge in [-0.2, -0.15) is 0 Å². The van der Waals surface area contributed by atoms with Crippen LogP contribution in [-0.4, -0.2) is 23.3 Å². The van der Waals surface area contributed by atoms with Crippen LogP contribution >= 0.6 is 22.9 Å². The van der Waals surface area contributed by atoms with E-state index in [4.69, 9.17) is 21.0 Å². The molecule has 0 fully saturated rings. The molecular weight excluding hydrogens is 510 g/mol. The highest BCUT2D eigenvalue weighted by molar-refractivity contribution is 7.22. The van der Waals surface area contributed by atoms with Crippen LogP contribution in [0.25, 0.3) is 21.2 Å². The number of aromatic nitrogens is 1. The van der Waals surface area contributed by atoms with Crippen LogP contribution in [0.1, 0.15) is 35.0 Å². The number of halogens is 1. The SMILES string of the molecule is CCCN1C(=O)C2(c3ccccc31)c1c(oc3ccccc3c1=O)C(=O)N2c1nc2ccc(Cl)cc2s1. The third kappa shape index (κ3) is 2.77. The fraction of sp³-hybridized carbons (Fsp3) is 0.143. The molecule has 1 unspecified atom stereocenters. The predicted molar refractivity (Wildman–Crippen MR) is 144 cm³/mol. The summed E-state index contributed by atoms with van der Waals surface area (Å²) in [5, 5.41) is 1.14. The van der Waals surface area contributed by atoms with Crippen molar-refractivity contribution in [2.45, 2.75) is 18.9 Å². The van der Waals surface area contributed by atoms with Crippen LogP contribution < -0.4 is 15.2 Å². The molecule has 7 nitrogen and oxygen atoms in total. The second-order valence-electron chi connectivity index (χ2n) is 9.06. The molecule has 0 radical (unpaired) electrons. The van der Waals surface area contributed by atoms with Gasteiger partial charge in [0.25, 0.3) is 11.8 Å². The van der Waals surface area contributed by atoms with Gasteiger partial charge in [-0.1, -0.05) is 60.2 Å². The fourth-order valence-electron chi connectivity index (χ4n) is 5.54. The summed E-state index contributed by atoms with van der Waals surface area (Å²) in [4.78, 5) is 50.5. The molecule has 0 N–H and O–H groups in total. The summed E-state index contributed by atoms with van der Waals surface area (Å²) >= 11 is 7.46. The minimum Gasteiger partial charge on any atom is -0.450 e. The fourth-order valence-corrected chi connectivity index (χ4v) is 6.83. The second kappa shape index (κ2) is 7.74. The van der Waals surface area contributed by atoms with Gasteiger partial charge in [0.05, 0.1) is 26.9 Å². The first-order chi connectivity index (χ1) is 18.0. The normalized spacial score (nSPS) is 18.4. The third-order valence-corrected chi connectivity index (χ3v) is 8.25. The van der Waals surface area contributed by atoms with E-state index in [9.17, 15) is 14.4 Å². The molecule has 3 aromatic carbocycles. The van der Waals surface area contributed by atoms with E-state index in [1.165, 1.54) is 16.2 Å². The molecule has 0 bridgehead atoms. The van der Waals surface area contributed by atoms with E-state index < -0.39 is 16.9 Å². The molecule has 37 heavy (non-hydrogen) atoms. The maximum atomic E-state index is 14.5. The lowest BCUT2D eigenvalue weighted by molar-refractivity contribution is -0.121. The maximum absolute atomic E-state index is 14.5. The molecule has 0 saturated carbocycles. The van der Waals surface area contributed by atoms with Crippen molar-refractivity contribution in [3.8, 4) is 0 Å². The summed E-state index contributed by atoms with van der Waals surface area (Å²) < 4.78 is 6.84. The Morgan fingerprint density at radius 1 is 1.03 bits per heavy atom. The van der Waals surface area contributed by atoms with Crippen molar-refractivity contribution in [1.82, 2.24) is 4.98 Å². The first-order valence-corrected chi connectivity index (χ1v) is 13.0. The Bertz CT molecular complexity index is 1860. The van der Waals surface area contributed by atoms with Gasteiger partial charge in [0, 0.05) is 17.1 Å². The van der Waals surface area contributed by atoms with E-state index in [0.717, 1.165) is 4.70 Å². The monoisotopic (exact) mass is 527 g/mol. The first kappa shape index (κ1) is 22.2. The second-order valence-corrected chi connectivity index (χ2v) is 10.5. The van der Waals surface area contributed by atoms with Crippen LogP contribution in [0.5, 0.6) is 0 Å². The molecule has 2 aliphatic rings. The van der Waals surface area contributed by atoms with Crippen LogP contribution in [-0.2, 0) is 10.3 Å². The van der Waals surface area contributed by atoms with Gasteiger partial charge in [0.15, 0.2) is 16.1 Å². The number of amides is 2. The number of carbonyl (C=O) groups is 2. The van der Waals surface area contributed by atoms with Gasteiger partial charge in [-0.05, 0) is 42.8 Å². The van der Waals surface area contributed by atoms with E-state index >= 15 is 0 Å². The number of para-hydroxylation sites is 2. The summed E-state index contributed by atoms with van der Waals surface area (Å²) in [7, 11) is 0. The van der Waals surface area contributed by atoms with E-state index in [0.29, 0.717) is 45.3 Å². The number of hydrogen-bond acceptors (Lipinski definition) is 6. The summed E-state index contributed by atoms with van der Waals surface area (Å²) in [5.74, 6) is -1.09. The molecule has 2 amide bonds. The summed E-state index contributed by atoms with van der Waals surface area (Å²) in [6, 6.07) is 19.3. The molecule has 9 heteroatoms. The molecule has 0 saturated heterocycles. The van der Waals surface area contributed by atoms with Gasteiger partial charge in [0.1, 0.15) is 5.58 Å². The molecule has 7 rings (SSSR count). The number of anilines is 2. The largest absolute Gasteiger partial charge is 0.450 e. The molecule has 182 valence electrons. The van der Waals surface area contributed by atoms with Gasteiger partial charge >= 0.3 is 0 Å². The third-order valence-electron chi connectivity index (χ3n) is 7.01. The lowest BCUT2D eigenvalue weighted by Gasteiger charge is -2.32. The van der Waals surface area contributed by atoms with Crippen molar-refractivity contribution in [3.63, 3.8) is 0 Å². The van der Waals surface area contributed by atoms with Crippen molar-refractivity contribution in [3.05, 3.63) is 98.9 Å². The zero-order valence-electron chi connectivity index (χ0n) is 19.5. The molecule has 1 atom stereocenters. The minimum absolute atomic E-state index is 0.0320. The number of fused-ring (bicyclic) bond motifs is 6. The Kier molecular flexibility index (Phi) is 4.65. The number of thiazole rings is 1. The molecule has 0 aliphatic carbocycles. The smallest absolute Gasteiger partial charge is 0.297 e. The number of benzene rings is 3. The highest BCUT2D eigenvalue weighted by Crippen LogP contribution is 2.54. The van der Waals surface area contributed by atoms with Gasteiger partial charge in [-0.25, -0.2) is 4.98 Å². The van der Waals surface area contributed by atoms with E-state index in [1.54, 1.807) is 53.4 Å². The van der Waals surface area contributed by atoms with Gasteiger partial charge < -0.3 is 9.32 Å². The molecule has 5 aromatic rings. The van der Waals surface area contributed by atoms with E-state index in [1.807, 2.05) is 25.1 Å². The first-order valence-electron chi connectivity index (χ1n) is 11.8. The van der Waals surface area contributed by atoms with Gasteiger partial charge in [-0.3, -0.25) is 19.3 Å². The molecule has 2 aromatic heterocycles. The lowest BCUT2D eigenvalue weighted by Crippen LogP contribution is -2.53. The van der Waals surface area contributed by atoms with Crippen LogP contribution in [0.3, 0.4) is 0 Å². The molecular formula is C28H18ClN3O4S. The highest BCUT2D eigenvalue weighted by atomic mass is 35.5. The maximum Gasteiger partial charge on any atom is 0.297 e. The minimum atomic E-state index is -1.74. The van der Waals surface area contributed by atoms with E-state index in [2.05, 4.69) is 0 Å². The zero-order valence-corrected chi connectivity index (χ0v) is 21.1. The Balaban J connectivity index is 1.62. The van der Waals surface area contributed by atoms with Crippen LogP contribution in [0.4, 0.5) is 10.8 Å². The number of hydrogen-bond donors (Lipinski definition) is 0. The van der Waals surface area contributed by atoms with Crippen LogP contribution in [0.15, 0.2) is 75.9 Å². The van der Waals surface area contributed by atoms with Crippen molar-refractivity contribution in [2.24, 2.45) is 0 Å². The number of carbonyl (C=O) groups excluding carboxylic acids is 2. The van der Waals surface area contributed by atoms with Crippen molar-refractivity contribution in [2.75, 3.05) is 16.3 Å². The summed E-state index contributed by atoms with van der Waals surface area (Å²) in [6.45, 7) is 2.41. The van der Waals surface area contributed by atoms with Gasteiger partial charge in [-0.15, -0.1) is 0 Å². The average molecular weight is 528 g/mol. The standard InChI is InChI=1S/C28H18ClN3O4S/c1-2-13-31-19-9-5-4-8-17(19)28(26(31)35)22-23(33)16-7-3-6-10-20(16)36-24(22)25(34)32(28)27-30-18-12-11-15(29)14-21(18)37-27/h3-12,14H,2,13H2,1H3. The average Bonchev–Trinajstić information content (AvgIpc) is 3.50. The Hall–Kier alpha value is -4.01.